The smallest absolute Gasteiger partial charge is 0.283 e. The minimum absolute atomic E-state index is 0.0118. The Bertz CT molecular complexity index is 1310. The second-order valence-corrected chi connectivity index (χ2v) is 11.0. The highest BCUT2D eigenvalue weighted by molar-refractivity contribution is 7.89. The Morgan fingerprint density at radius 3 is 2.44 bits per heavy atom. The van der Waals surface area contributed by atoms with Gasteiger partial charge in [0, 0.05) is 19.0 Å². The number of rotatable bonds is 6. The lowest BCUT2D eigenvalue weighted by Crippen LogP contribution is -2.35. The van der Waals surface area contributed by atoms with Gasteiger partial charge in [-0.25, -0.2) is 22.8 Å². The zero-order valence-electron chi connectivity index (χ0n) is 19.1. The van der Waals surface area contributed by atoms with Crippen molar-refractivity contribution in [3.63, 3.8) is 0 Å². The van der Waals surface area contributed by atoms with Gasteiger partial charge in [0.2, 0.25) is 10.0 Å². The minimum Gasteiger partial charge on any atom is -0.371 e. The largest absolute Gasteiger partial charge is 0.371 e. The molecule has 0 bridgehead atoms. The van der Waals surface area contributed by atoms with Gasteiger partial charge in [-0.15, -0.1) is 0 Å². The first-order valence-corrected chi connectivity index (χ1v) is 13.6. The van der Waals surface area contributed by atoms with Gasteiger partial charge in [-0.3, -0.25) is 9.18 Å². The maximum absolute atomic E-state index is 13.3. The van der Waals surface area contributed by atoms with Crippen LogP contribution in [0.5, 0.6) is 0 Å². The average Bonchev–Trinajstić information content (AvgIpc) is 3.16. The van der Waals surface area contributed by atoms with Crippen LogP contribution in [0.15, 0.2) is 36.4 Å². The molecule has 1 aromatic carbocycles. The van der Waals surface area contributed by atoms with Gasteiger partial charge >= 0.3 is 0 Å². The number of sulfonamides is 1. The predicted octanol–water partition coefficient (Wildman–Crippen LogP) is 3.56. The summed E-state index contributed by atoms with van der Waals surface area (Å²) in [5.41, 5.74) is 3.11. The van der Waals surface area contributed by atoms with E-state index in [4.69, 9.17) is 5.10 Å². The van der Waals surface area contributed by atoms with Crippen LogP contribution in [-0.4, -0.2) is 55.1 Å². The van der Waals surface area contributed by atoms with Crippen molar-refractivity contribution in [3.05, 3.63) is 47.8 Å². The zero-order chi connectivity index (χ0) is 23.9. The third-order valence-electron chi connectivity index (χ3n) is 6.82. The van der Waals surface area contributed by atoms with E-state index in [0.29, 0.717) is 24.7 Å². The van der Waals surface area contributed by atoms with Gasteiger partial charge in [0.25, 0.3) is 5.91 Å². The SMILES string of the molecule is CS(=O)(=O)NC(=O)c1cc(N2CCC(CF)CC2)c2c(C3CCC3)nn(-c3ccccc3)c2n1. The number of piperidine rings is 1. The van der Waals surface area contributed by atoms with E-state index in [0.717, 1.165) is 60.8 Å². The number of carbonyl (C=O) groups is 1. The summed E-state index contributed by atoms with van der Waals surface area (Å²) in [6.45, 7) is 0.976. The highest BCUT2D eigenvalue weighted by Crippen LogP contribution is 2.43. The molecule has 3 aromatic rings. The number of amides is 1. The number of hydrogen-bond donors (Lipinski definition) is 1. The third kappa shape index (κ3) is 4.38. The molecule has 180 valence electrons. The minimum atomic E-state index is -3.76. The number of pyridine rings is 1. The van der Waals surface area contributed by atoms with E-state index in [9.17, 15) is 17.6 Å². The molecule has 1 N–H and O–H groups in total. The van der Waals surface area contributed by atoms with Crippen LogP contribution in [0.25, 0.3) is 16.7 Å². The number of halogens is 1. The van der Waals surface area contributed by atoms with Gasteiger partial charge in [-0.1, -0.05) is 24.6 Å². The molecule has 0 unspecified atom stereocenters. The van der Waals surface area contributed by atoms with Crippen molar-refractivity contribution in [2.45, 2.75) is 38.0 Å². The van der Waals surface area contributed by atoms with E-state index in [1.807, 2.05) is 35.1 Å². The van der Waals surface area contributed by atoms with Crippen LogP contribution in [0.1, 0.15) is 54.2 Å². The molecule has 3 heterocycles. The topological polar surface area (TPSA) is 97.2 Å². The Balaban J connectivity index is 1.71. The Morgan fingerprint density at radius 1 is 1.15 bits per heavy atom. The zero-order valence-corrected chi connectivity index (χ0v) is 19.9. The van der Waals surface area contributed by atoms with Crippen molar-refractivity contribution in [3.8, 4) is 5.69 Å². The van der Waals surface area contributed by atoms with Crippen molar-refractivity contribution < 1.29 is 17.6 Å². The van der Waals surface area contributed by atoms with Crippen molar-refractivity contribution in [1.29, 1.82) is 0 Å². The summed E-state index contributed by atoms with van der Waals surface area (Å²) in [7, 11) is -3.76. The lowest BCUT2D eigenvalue weighted by molar-refractivity contribution is 0.0977. The first-order valence-electron chi connectivity index (χ1n) is 11.7. The molecule has 2 aromatic heterocycles. The number of benzene rings is 1. The molecule has 1 saturated heterocycles. The summed E-state index contributed by atoms with van der Waals surface area (Å²) in [5.74, 6) is -0.429. The molecular weight excluding hydrogens is 457 g/mol. The molecule has 1 amide bonds. The number of anilines is 1. The van der Waals surface area contributed by atoms with E-state index < -0.39 is 15.9 Å². The Kier molecular flexibility index (Phi) is 6.01. The van der Waals surface area contributed by atoms with Gasteiger partial charge in [0.1, 0.15) is 5.69 Å². The number of carbonyl (C=O) groups excluding carboxylic acids is 1. The third-order valence-corrected chi connectivity index (χ3v) is 7.38. The first kappa shape index (κ1) is 22.8. The molecule has 2 aliphatic rings. The van der Waals surface area contributed by atoms with Gasteiger partial charge in [0.05, 0.1) is 35.4 Å². The Labute approximate surface area is 198 Å². The number of alkyl halides is 1. The van der Waals surface area contributed by atoms with E-state index in [1.54, 1.807) is 10.7 Å². The summed E-state index contributed by atoms with van der Waals surface area (Å²) in [4.78, 5) is 19.6. The highest BCUT2D eigenvalue weighted by atomic mass is 32.2. The van der Waals surface area contributed by atoms with Crippen LogP contribution < -0.4 is 9.62 Å². The van der Waals surface area contributed by atoms with E-state index in [2.05, 4.69) is 9.88 Å². The molecule has 0 spiro atoms. The number of para-hydroxylation sites is 1. The highest BCUT2D eigenvalue weighted by Gasteiger charge is 2.31. The maximum Gasteiger partial charge on any atom is 0.283 e. The van der Waals surface area contributed by atoms with E-state index in [-0.39, 0.29) is 18.3 Å². The van der Waals surface area contributed by atoms with Gasteiger partial charge in [-0.2, -0.15) is 5.10 Å². The van der Waals surface area contributed by atoms with Crippen LogP contribution >= 0.6 is 0 Å². The van der Waals surface area contributed by atoms with E-state index in [1.165, 1.54) is 0 Å². The summed E-state index contributed by atoms with van der Waals surface area (Å²) in [6, 6.07) is 11.3. The number of hydrogen-bond acceptors (Lipinski definition) is 6. The summed E-state index contributed by atoms with van der Waals surface area (Å²) >= 11 is 0. The van der Waals surface area contributed by atoms with Crippen molar-refractivity contribution in [2.75, 3.05) is 30.9 Å². The first-order chi connectivity index (χ1) is 16.3. The number of fused-ring (bicyclic) bond motifs is 1. The van der Waals surface area contributed by atoms with Gasteiger partial charge in [0.15, 0.2) is 5.65 Å². The number of aromatic nitrogens is 3. The fourth-order valence-electron chi connectivity index (χ4n) is 4.75. The fourth-order valence-corrected chi connectivity index (χ4v) is 5.20. The fraction of sp³-hybridized carbons (Fsp3) is 0.458. The lowest BCUT2D eigenvalue weighted by atomic mass is 9.82. The average molecular weight is 486 g/mol. The Hall–Kier alpha value is -3.01. The van der Waals surface area contributed by atoms with Crippen LogP contribution in [0, 0.1) is 5.92 Å². The lowest BCUT2D eigenvalue weighted by Gasteiger charge is -2.33. The molecule has 2 fully saturated rings. The molecule has 1 saturated carbocycles. The molecule has 0 atom stereocenters. The quantitative estimate of drug-likeness (QED) is 0.573. The number of nitrogens with one attached hydrogen (secondary N) is 1. The summed E-state index contributed by atoms with van der Waals surface area (Å²) < 4.78 is 40.5. The maximum atomic E-state index is 13.3. The molecule has 34 heavy (non-hydrogen) atoms. The van der Waals surface area contributed by atoms with Crippen molar-refractivity contribution in [1.82, 2.24) is 19.5 Å². The molecule has 10 heteroatoms. The molecule has 8 nitrogen and oxygen atoms in total. The molecule has 5 rings (SSSR count). The van der Waals surface area contributed by atoms with Crippen LogP contribution in [0.2, 0.25) is 0 Å². The monoisotopic (exact) mass is 485 g/mol. The molecular formula is C24H28FN5O3S. The standard InChI is InChI=1S/C24H28FN5O3S/c1-34(32,33)28-24(31)19-14-20(29-12-10-16(15-25)11-13-29)21-22(17-6-5-7-17)27-30(23(21)26-19)18-8-3-2-4-9-18/h2-4,8-9,14,16-17H,5-7,10-13,15H2,1H3,(H,28,31). The second-order valence-electron chi connectivity index (χ2n) is 9.27. The Morgan fingerprint density at radius 2 is 1.85 bits per heavy atom. The van der Waals surface area contributed by atoms with Crippen LogP contribution in [0.3, 0.4) is 0 Å². The van der Waals surface area contributed by atoms with Crippen LogP contribution in [0.4, 0.5) is 10.1 Å². The second kappa shape index (κ2) is 8.98. The van der Waals surface area contributed by atoms with Gasteiger partial charge in [-0.05, 0) is 49.8 Å². The summed E-state index contributed by atoms with van der Waals surface area (Å²) in [6.07, 6.45) is 5.60. The van der Waals surface area contributed by atoms with Crippen molar-refractivity contribution in [2.24, 2.45) is 5.92 Å². The van der Waals surface area contributed by atoms with Gasteiger partial charge < -0.3 is 4.90 Å². The van der Waals surface area contributed by atoms with Crippen LogP contribution in [-0.2, 0) is 10.0 Å². The van der Waals surface area contributed by atoms with E-state index >= 15 is 0 Å². The molecule has 1 aliphatic carbocycles. The normalized spacial score (nSPS) is 17.6. The molecule has 1 aliphatic heterocycles. The number of nitrogens with zero attached hydrogens (tertiary/aromatic N) is 4. The summed E-state index contributed by atoms with van der Waals surface area (Å²) in [5, 5.41) is 5.85. The van der Waals surface area contributed by atoms with Crippen molar-refractivity contribution >= 4 is 32.7 Å². The molecule has 0 radical (unpaired) electrons. The predicted molar refractivity (Wildman–Crippen MR) is 129 cm³/mol.